The van der Waals surface area contributed by atoms with Crippen molar-refractivity contribution in [3.8, 4) is 0 Å². The topological polar surface area (TPSA) is 65.0 Å². The van der Waals surface area contributed by atoms with E-state index in [4.69, 9.17) is 4.99 Å². The van der Waals surface area contributed by atoms with Crippen molar-refractivity contribution in [2.24, 2.45) is 10.9 Å². The number of likely N-dealkylation sites (tertiary alicyclic amines) is 1. The zero-order chi connectivity index (χ0) is 19.2. The van der Waals surface area contributed by atoms with E-state index in [1.54, 1.807) is 24.3 Å². The van der Waals surface area contributed by atoms with Gasteiger partial charge >= 0.3 is 0 Å². The van der Waals surface area contributed by atoms with Crippen molar-refractivity contribution in [1.82, 2.24) is 15.1 Å². The van der Waals surface area contributed by atoms with Gasteiger partial charge in [-0.2, -0.15) is 0 Å². The Morgan fingerprint density at radius 2 is 1.89 bits per heavy atom. The Kier molecular flexibility index (Phi) is 6.48. The molecule has 1 saturated heterocycles. The van der Waals surface area contributed by atoms with Crippen LogP contribution in [0.2, 0.25) is 0 Å². The van der Waals surface area contributed by atoms with Gasteiger partial charge in [-0.05, 0) is 50.7 Å². The number of guanidine groups is 1. The summed E-state index contributed by atoms with van der Waals surface area (Å²) in [6, 6.07) is 7.04. The summed E-state index contributed by atoms with van der Waals surface area (Å²) in [6.07, 6.45) is 4.12. The number of hydrogen-bond acceptors (Lipinski definition) is 3. The maximum absolute atomic E-state index is 12.4. The number of unbranched alkanes of at least 4 members (excludes halogenated alkanes) is 1. The number of aliphatic imine (C=N–C) groups is 1. The molecule has 2 aliphatic rings. The van der Waals surface area contributed by atoms with Crippen LogP contribution in [0.15, 0.2) is 29.3 Å². The van der Waals surface area contributed by atoms with Gasteiger partial charge in [0.15, 0.2) is 5.96 Å². The van der Waals surface area contributed by atoms with E-state index in [0.717, 1.165) is 38.4 Å². The Bertz CT molecular complexity index is 681. The third-order valence-electron chi connectivity index (χ3n) is 5.22. The molecule has 1 unspecified atom stereocenters. The van der Waals surface area contributed by atoms with Crippen LogP contribution >= 0.6 is 0 Å². The van der Waals surface area contributed by atoms with E-state index >= 15 is 0 Å². The molecule has 0 bridgehead atoms. The van der Waals surface area contributed by atoms with Gasteiger partial charge in [-0.25, -0.2) is 0 Å². The maximum Gasteiger partial charge on any atom is 0.261 e. The van der Waals surface area contributed by atoms with Gasteiger partial charge in [-0.1, -0.05) is 19.1 Å². The van der Waals surface area contributed by atoms with Crippen LogP contribution in [0, 0.1) is 5.92 Å². The molecule has 0 spiro atoms. The molecule has 2 aliphatic heterocycles. The highest BCUT2D eigenvalue weighted by molar-refractivity contribution is 6.21. The molecule has 3 rings (SSSR count). The summed E-state index contributed by atoms with van der Waals surface area (Å²) in [5, 5.41) is 3.39. The highest BCUT2D eigenvalue weighted by Crippen LogP contribution is 2.22. The first-order valence-corrected chi connectivity index (χ1v) is 10.1. The molecule has 6 heteroatoms. The molecule has 1 N–H and O–H groups in total. The van der Waals surface area contributed by atoms with Crippen LogP contribution in [0.1, 0.15) is 60.2 Å². The number of benzene rings is 1. The molecular formula is C21H30N4O2. The van der Waals surface area contributed by atoms with E-state index in [9.17, 15) is 9.59 Å². The minimum atomic E-state index is -0.172. The molecule has 146 valence electrons. The van der Waals surface area contributed by atoms with E-state index < -0.39 is 0 Å². The molecular weight excluding hydrogens is 340 g/mol. The van der Waals surface area contributed by atoms with Crippen molar-refractivity contribution in [3.63, 3.8) is 0 Å². The number of fused-ring (bicyclic) bond motifs is 1. The van der Waals surface area contributed by atoms with Gasteiger partial charge in [-0.3, -0.25) is 19.5 Å². The number of piperidine rings is 1. The monoisotopic (exact) mass is 370 g/mol. The molecule has 0 saturated carbocycles. The van der Waals surface area contributed by atoms with Gasteiger partial charge in [0.2, 0.25) is 0 Å². The van der Waals surface area contributed by atoms with Gasteiger partial charge in [0.05, 0.1) is 11.1 Å². The fourth-order valence-corrected chi connectivity index (χ4v) is 3.82. The minimum absolute atomic E-state index is 0.172. The molecule has 0 aliphatic carbocycles. The number of amides is 2. The quantitative estimate of drug-likeness (QED) is 0.362. The summed E-state index contributed by atoms with van der Waals surface area (Å²) in [6.45, 7) is 8.52. The van der Waals surface area contributed by atoms with E-state index in [1.165, 1.54) is 17.7 Å². The average molecular weight is 370 g/mol. The van der Waals surface area contributed by atoms with Crippen LogP contribution in [-0.4, -0.2) is 60.3 Å². The van der Waals surface area contributed by atoms with Gasteiger partial charge in [0.25, 0.3) is 11.8 Å². The third-order valence-corrected chi connectivity index (χ3v) is 5.22. The molecule has 0 aromatic heterocycles. The molecule has 1 aromatic carbocycles. The fraction of sp³-hybridized carbons (Fsp3) is 0.571. The molecule has 2 amide bonds. The molecule has 1 aromatic rings. The second-order valence-electron chi connectivity index (χ2n) is 7.44. The van der Waals surface area contributed by atoms with E-state index in [1.807, 2.05) is 0 Å². The lowest BCUT2D eigenvalue weighted by Crippen LogP contribution is -2.46. The standard InChI is InChI=1S/C21H30N4O2/c1-3-22-21(24-13-8-9-16(2)15-24)23-12-6-7-14-25-19(26)17-10-4-5-11-18(17)20(25)27/h4-5,10-11,16H,3,6-9,12-15H2,1-2H3,(H,22,23). The lowest BCUT2D eigenvalue weighted by atomic mass is 10.0. The second-order valence-corrected chi connectivity index (χ2v) is 7.44. The summed E-state index contributed by atoms with van der Waals surface area (Å²) in [4.78, 5) is 33.2. The number of rotatable bonds is 6. The molecule has 27 heavy (non-hydrogen) atoms. The maximum atomic E-state index is 12.4. The number of hydrogen-bond donors (Lipinski definition) is 1. The van der Waals surface area contributed by atoms with E-state index in [-0.39, 0.29) is 11.8 Å². The van der Waals surface area contributed by atoms with Crippen molar-refractivity contribution < 1.29 is 9.59 Å². The Hall–Kier alpha value is -2.37. The SMILES string of the molecule is CCNC(=NCCCCN1C(=O)c2ccccc2C1=O)N1CCCC(C)C1. The van der Waals surface area contributed by atoms with Crippen LogP contribution < -0.4 is 5.32 Å². The van der Waals surface area contributed by atoms with Gasteiger partial charge in [0, 0.05) is 32.7 Å². The van der Waals surface area contributed by atoms with Crippen molar-refractivity contribution in [2.75, 3.05) is 32.7 Å². The van der Waals surface area contributed by atoms with Crippen molar-refractivity contribution in [1.29, 1.82) is 0 Å². The van der Waals surface area contributed by atoms with Gasteiger partial charge in [0.1, 0.15) is 0 Å². The molecule has 2 heterocycles. The van der Waals surface area contributed by atoms with Crippen molar-refractivity contribution in [2.45, 2.75) is 39.5 Å². The first-order chi connectivity index (χ1) is 13.1. The summed E-state index contributed by atoms with van der Waals surface area (Å²) in [7, 11) is 0. The zero-order valence-corrected chi connectivity index (χ0v) is 16.4. The predicted molar refractivity (Wildman–Crippen MR) is 107 cm³/mol. The first-order valence-electron chi connectivity index (χ1n) is 10.1. The number of carbonyl (C=O) groups is 2. The summed E-state index contributed by atoms with van der Waals surface area (Å²) < 4.78 is 0. The van der Waals surface area contributed by atoms with Crippen LogP contribution in [-0.2, 0) is 0 Å². The van der Waals surface area contributed by atoms with Crippen molar-refractivity contribution >= 4 is 17.8 Å². The van der Waals surface area contributed by atoms with Gasteiger partial charge in [-0.15, -0.1) is 0 Å². The average Bonchev–Trinajstić information content (AvgIpc) is 2.92. The number of imide groups is 1. The van der Waals surface area contributed by atoms with E-state index in [0.29, 0.717) is 30.1 Å². The smallest absolute Gasteiger partial charge is 0.261 e. The molecule has 1 atom stereocenters. The molecule has 6 nitrogen and oxygen atoms in total. The highest BCUT2D eigenvalue weighted by atomic mass is 16.2. The normalized spacial score (nSPS) is 20.2. The Morgan fingerprint density at radius 1 is 1.19 bits per heavy atom. The lowest BCUT2D eigenvalue weighted by Gasteiger charge is -2.33. The Morgan fingerprint density at radius 3 is 2.52 bits per heavy atom. The summed E-state index contributed by atoms with van der Waals surface area (Å²) >= 11 is 0. The largest absolute Gasteiger partial charge is 0.357 e. The van der Waals surface area contributed by atoms with Crippen LogP contribution in [0.3, 0.4) is 0 Å². The lowest BCUT2D eigenvalue weighted by molar-refractivity contribution is 0.0652. The third kappa shape index (κ3) is 4.49. The second kappa shape index (κ2) is 9.02. The summed E-state index contributed by atoms with van der Waals surface area (Å²) in [5.41, 5.74) is 1.04. The number of nitrogens with zero attached hydrogens (tertiary/aromatic N) is 3. The minimum Gasteiger partial charge on any atom is -0.357 e. The van der Waals surface area contributed by atoms with Gasteiger partial charge < -0.3 is 10.2 Å². The van der Waals surface area contributed by atoms with Crippen molar-refractivity contribution in [3.05, 3.63) is 35.4 Å². The number of carbonyl (C=O) groups excluding carboxylic acids is 2. The van der Waals surface area contributed by atoms with Crippen LogP contribution in [0.5, 0.6) is 0 Å². The Labute approximate surface area is 161 Å². The number of nitrogens with one attached hydrogen (secondary N) is 1. The fourth-order valence-electron chi connectivity index (χ4n) is 3.82. The Balaban J connectivity index is 1.48. The zero-order valence-electron chi connectivity index (χ0n) is 16.4. The first kappa shape index (κ1) is 19.4. The highest BCUT2D eigenvalue weighted by Gasteiger charge is 2.34. The molecule has 1 fully saturated rings. The summed E-state index contributed by atoms with van der Waals surface area (Å²) in [5.74, 6) is 1.35. The van der Waals surface area contributed by atoms with E-state index in [2.05, 4.69) is 24.1 Å². The van der Waals surface area contributed by atoms with Crippen LogP contribution in [0.25, 0.3) is 0 Å². The molecule has 0 radical (unpaired) electrons. The van der Waals surface area contributed by atoms with Crippen LogP contribution in [0.4, 0.5) is 0 Å². The predicted octanol–water partition coefficient (Wildman–Crippen LogP) is 2.76.